The third-order valence-corrected chi connectivity index (χ3v) is 3.14. The second-order valence-electron chi connectivity index (χ2n) is 5.28. The summed E-state index contributed by atoms with van der Waals surface area (Å²) in [6, 6.07) is 1.37. The van der Waals surface area contributed by atoms with Crippen molar-refractivity contribution in [1.29, 1.82) is 0 Å². The molecule has 0 aliphatic heterocycles. The number of hydrogen-bond acceptors (Lipinski definition) is 6. The zero-order valence-electron chi connectivity index (χ0n) is 12.5. The number of amides is 1. The molecule has 3 aromatic heterocycles. The SMILES string of the molecule is CC(C)c1nnc([C@H](C)NC(=O)c2cn3cccnc3n2)o1. The molecule has 0 aromatic carbocycles. The van der Waals surface area contributed by atoms with E-state index in [1.165, 1.54) is 0 Å². The Hall–Kier alpha value is -2.77. The molecular weight excluding hydrogens is 284 g/mol. The molecule has 0 aliphatic rings. The molecule has 0 saturated carbocycles. The second kappa shape index (κ2) is 5.55. The van der Waals surface area contributed by atoms with Crippen molar-refractivity contribution in [3.05, 3.63) is 42.1 Å². The van der Waals surface area contributed by atoms with Crippen LogP contribution in [-0.4, -0.2) is 30.5 Å². The first-order valence-electron chi connectivity index (χ1n) is 6.98. The van der Waals surface area contributed by atoms with Gasteiger partial charge in [-0.25, -0.2) is 9.97 Å². The summed E-state index contributed by atoms with van der Waals surface area (Å²) in [6.45, 7) is 5.71. The van der Waals surface area contributed by atoms with Gasteiger partial charge < -0.3 is 9.73 Å². The molecule has 0 saturated heterocycles. The second-order valence-corrected chi connectivity index (χ2v) is 5.28. The fraction of sp³-hybridized carbons (Fsp3) is 0.357. The molecule has 3 rings (SSSR count). The highest BCUT2D eigenvalue weighted by molar-refractivity contribution is 5.92. The fourth-order valence-corrected chi connectivity index (χ4v) is 1.93. The smallest absolute Gasteiger partial charge is 0.272 e. The van der Waals surface area contributed by atoms with Gasteiger partial charge in [0.05, 0.1) is 0 Å². The van der Waals surface area contributed by atoms with Crippen molar-refractivity contribution in [2.45, 2.75) is 32.7 Å². The first-order valence-corrected chi connectivity index (χ1v) is 6.98. The number of rotatable bonds is 4. The number of carbonyl (C=O) groups excluding carboxylic acids is 1. The number of hydrogen-bond donors (Lipinski definition) is 1. The van der Waals surface area contributed by atoms with E-state index in [-0.39, 0.29) is 17.5 Å². The molecule has 0 radical (unpaired) electrons. The lowest BCUT2D eigenvalue weighted by molar-refractivity contribution is 0.0929. The van der Waals surface area contributed by atoms with Gasteiger partial charge in [0.15, 0.2) is 0 Å². The van der Waals surface area contributed by atoms with E-state index in [0.717, 1.165) is 0 Å². The predicted molar refractivity (Wildman–Crippen MR) is 77.3 cm³/mol. The molecular formula is C14H16N6O2. The van der Waals surface area contributed by atoms with E-state index in [0.29, 0.717) is 17.6 Å². The van der Waals surface area contributed by atoms with Crippen molar-refractivity contribution < 1.29 is 9.21 Å². The minimum atomic E-state index is -0.398. The van der Waals surface area contributed by atoms with Crippen LogP contribution in [0.2, 0.25) is 0 Å². The van der Waals surface area contributed by atoms with E-state index >= 15 is 0 Å². The molecule has 114 valence electrons. The standard InChI is InChI=1S/C14H16N6O2/c1-8(2)12-18-19-13(22-12)9(3)16-11(21)10-7-20-6-4-5-15-14(20)17-10/h4-9H,1-3H3,(H,16,21)/t9-/m0/s1. The molecule has 3 heterocycles. The van der Waals surface area contributed by atoms with Crippen molar-refractivity contribution in [3.63, 3.8) is 0 Å². The summed E-state index contributed by atoms with van der Waals surface area (Å²) in [5.74, 6) is 1.23. The van der Waals surface area contributed by atoms with E-state index in [2.05, 4.69) is 25.5 Å². The maximum atomic E-state index is 12.2. The lowest BCUT2D eigenvalue weighted by atomic mass is 10.2. The topological polar surface area (TPSA) is 98.2 Å². The largest absolute Gasteiger partial charge is 0.423 e. The lowest BCUT2D eigenvalue weighted by Crippen LogP contribution is -2.27. The summed E-state index contributed by atoms with van der Waals surface area (Å²) in [4.78, 5) is 20.5. The van der Waals surface area contributed by atoms with E-state index in [1.807, 2.05) is 13.8 Å². The quantitative estimate of drug-likeness (QED) is 0.788. The molecule has 1 atom stereocenters. The maximum absolute atomic E-state index is 12.2. The van der Waals surface area contributed by atoms with Gasteiger partial charge in [-0.3, -0.25) is 9.20 Å². The molecule has 8 nitrogen and oxygen atoms in total. The van der Waals surface area contributed by atoms with Crippen molar-refractivity contribution in [3.8, 4) is 0 Å². The van der Waals surface area contributed by atoms with Crippen LogP contribution >= 0.6 is 0 Å². The number of fused-ring (bicyclic) bond motifs is 1. The highest BCUT2D eigenvalue weighted by Crippen LogP contribution is 2.17. The van der Waals surface area contributed by atoms with Crippen molar-refractivity contribution >= 4 is 11.7 Å². The first kappa shape index (κ1) is 14.2. The predicted octanol–water partition coefficient (Wildman–Crippen LogP) is 1.73. The molecule has 8 heteroatoms. The Bertz CT molecular complexity index is 773. The Morgan fingerprint density at radius 2 is 2.05 bits per heavy atom. The summed E-state index contributed by atoms with van der Waals surface area (Å²) < 4.78 is 7.21. The Morgan fingerprint density at radius 3 is 2.73 bits per heavy atom. The summed E-state index contributed by atoms with van der Waals surface area (Å²) >= 11 is 0. The third-order valence-electron chi connectivity index (χ3n) is 3.14. The monoisotopic (exact) mass is 300 g/mol. The van der Waals surface area contributed by atoms with Crippen LogP contribution in [0.5, 0.6) is 0 Å². The Kier molecular flexibility index (Phi) is 3.58. The van der Waals surface area contributed by atoms with E-state index in [9.17, 15) is 4.79 Å². The van der Waals surface area contributed by atoms with Crippen LogP contribution in [0.4, 0.5) is 0 Å². The number of nitrogens with one attached hydrogen (secondary N) is 1. The average Bonchev–Trinajstić information content (AvgIpc) is 3.14. The van der Waals surface area contributed by atoms with Crippen LogP contribution in [-0.2, 0) is 0 Å². The van der Waals surface area contributed by atoms with Crippen LogP contribution in [0.15, 0.2) is 29.1 Å². The molecule has 0 bridgehead atoms. The Morgan fingerprint density at radius 1 is 1.27 bits per heavy atom. The van der Waals surface area contributed by atoms with Gasteiger partial charge in [0.1, 0.15) is 11.7 Å². The molecule has 22 heavy (non-hydrogen) atoms. The molecule has 0 fully saturated rings. The molecule has 3 aromatic rings. The molecule has 0 unspecified atom stereocenters. The molecule has 0 spiro atoms. The van der Waals surface area contributed by atoms with E-state index < -0.39 is 6.04 Å². The Labute approximate surface area is 126 Å². The van der Waals surface area contributed by atoms with Gasteiger partial charge in [-0.05, 0) is 13.0 Å². The zero-order valence-corrected chi connectivity index (χ0v) is 12.5. The highest BCUT2D eigenvalue weighted by Gasteiger charge is 2.19. The molecule has 0 aliphatic carbocycles. The lowest BCUT2D eigenvalue weighted by Gasteiger charge is -2.08. The number of imidazole rings is 1. The number of aromatic nitrogens is 5. The molecule has 1 amide bonds. The van der Waals surface area contributed by atoms with E-state index in [4.69, 9.17) is 4.42 Å². The minimum absolute atomic E-state index is 0.147. The van der Waals surface area contributed by atoms with Crippen LogP contribution in [0.1, 0.15) is 55.0 Å². The van der Waals surface area contributed by atoms with E-state index in [1.54, 1.807) is 36.0 Å². The Balaban J connectivity index is 1.75. The van der Waals surface area contributed by atoms with Crippen LogP contribution in [0.25, 0.3) is 5.78 Å². The normalized spacial score (nSPS) is 12.7. The summed E-state index contributed by atoms with van der Waals surface area (Å²) in [5.41, 5.74) is 0.286. The maximum Gasteiger partial charge on any atom is 0.272 e. The van der Waals surface area contributed by atoms with Gasteiger partial charge >= 0.3 is 0 Å². The van der Waals surface area contributed by atoms with Gasteiger partial charge in [0.2, 0.25) is 17.6 Å². The van der Waals surface area contributed by atoms with Gasteiger partial charge in [0, 0.05) is 24.5 Å². The van der Waals surface area contributed by atoms with Crippen molar-refractivity contribution in [2.24, 2.45) is 0 Å². The van der Waals surface area contributed by atoms with Crippen molar-refractivity contribution in [1.82, 2.24) is 29.9 Å². The van der Waals surface area contributed by atoms with Gasteiger partial charge in [-0.15, -0.1) is 10.2 Å². The highest BCUT2D eigenvalue weighted by atomic mass is 16.4. The third kappa shape index (κ3) is 2.67. The van der Waals surface area contributed by atoms with Gasteiger partial charge in [-0.1, -0.05) is 13.8 Å². The first-order chi connectivity index (χ1) is 10.5. The zero-order chi connectivity index (χ0) is 15.7. The average molecular weight is 300 g/mol. The fourth-order valence-electron chi connectivity index (χ4n) is 1.93. The van der Waals surface area contributed by atoms with Crippen molar-refractivity contribution in [2.75, 3.05) is 0 Å². The summed E-state index contributed by atoms with van der Waals surface area (Å²) in [7, 11) is 0. The summed E-state index contributed by atoms with van der Waals surface area (Å²) in [5, 5.41) is 10.7. The molecule has 1 N–H and O–H groups in total. The van der Waals surface area contributed by atoms with Crippen LogP contribution in [0.3, 0.4) is 0 Å². The minimum Gasteiger partial charge on any atom is -0.423 e. The van der Waals surface area contributed by atoms with Gasteiger partial charge in [0.25, 0.3) is 5.91 Å². The van der Waals surface area contributed by atoms with Crippen LogP contribution in [0, 0.1) is 0 Å². The number of carbonyl (C=O) groups is 1. The van der Waals surface area contributed by atoms with Crippen LogP contribution < -0.4 is 5.32 Å². The summed E-state index contributed by atoms with van der Waals surface area (Å²) in [6.07, 6.45) is 5.03. The van der Waals surface area contributed by atoms with Gasteiger partial charge in [-0.2, -0.15) is 0 Å². The number of nitrogens with zero attached hydrogens (tertiary/aromatic N) is 5.